The van der Waals surface area contributed by atoms with Crippen LogP contribution in [-0.4, -0.2) is 35.2 Å². The number of aliphatic hydroxyl groups excluding tert-OH is 1. The number of nitrogens with zero attached hydrogens (tertiary/aromatic N) is 1. The zero-order valence-electron chi connectivity index (χ0n) is 12.5. The molecule has 20 heavy (non-hydrogen) atoms. The molecule has 2 unspecified atom stereocenters. The van der Waals surface area contributed by atoms with Gasteiger partial charge in [-0.1, -0.05) is 49.6 Å². The van der Waals surface area contributed by atoms with E-state index in [9.17, 15) is 5.11 Å². The Hall–Kier alpha value is -0.900. The lowest BCUT2D eigenvalue weighted by molar-refractivity contribution is 0.0700. The Morgan fingerprint density at radius 3 is 2.40 bits per heavy atom. The molecule has 3 heteroatoms. The lowest BCUT2D eigenvalue weighted by Crippen LogP contribution is -2.47. The summed E-state index contributed by atoms with van der Waals surface area (Å²) in [6.45, 7) is 2.99. The van der Waals surface area contributed by atoms with E-state index in [0.717, 1.165) is 0 Å². The number of hydrogen-bond acceptors (Lipinski definition) is 3. The van der Waals surface area contributed by atoms with Gasteiger partial charge in [0.2, 0.25) is 0 Å². The molecular weight excluding hydrogens is 248 g/mol. The SMILES string of the molecule is CC(N)C(c1ccccc1)N(CCO)C1CCCCC1. The highest BCUT2D eigenvalue weighted by molar-refractivity contribution is 5.21. The lowest BCUT2D eigenvalue weighted by Gasteiger charge is -2.41. The van der Waals surface area contributed by atoms with Crippen molar-refractivity contribution < 1.29 is 5.11 Å². The minimum atomic E-state index is 0.0610. The highest BCUT2D eigenvalue weighted by atomic mass is 16.3. The molecule has 0 bridgehead atoms. The van der Waals surface area contributed by atoms with Gasteiger partial charge in [0.05, 0.1) is 6.61 Å². The quantitative estimate of drug-likeness (QED) is 0.840. The van der Waals surface area contributed by atoms with Crippen molar-refractivity contribution in [2.75, 3.05) is 13.2 Å². The van der Waals surface area contributed by atoms with E-state index >= 15 is 0 Å². The lowest BCUT2D eigenvalue weighted by atomic mass is 9.90. The van der Waals surface area contributed by atoms with E-state index < -0.39 is 0 Å². The van der Waals surface area contributed by atoms with Crippen molar-refractivity contribution in [3.63, 3.8) is 0 Å². The monoisotopic (exact) mass is 276 g/mol. The summed E-state index contributed by atoms with van der Waals surface area (Å²) >= 11 is 0. The summed E-state index contributed by atoms with van der Waals surface area (Å²) in [6, 6.07) is 11.3. The minimum Gasteiger partial charge on any atom is -0.395 e. The van der Waals surface area contributed by atoms with Crippen molar-refractivity contribution in [1.82, 2.24) is 4.90 Å². The largest absolute Gasteiger partial charge is 0.395 e. The molecule has 3 nitrogen and oxygen atoms in total. The first-order chi connectivity index (χ1) is 9.74. The van der Waals surface area contributed by atoms with E-state index in [0.29, 0.717) is 12.6 Å². The van der Waals surface area contributed by atoms with Crippen LogP contribution in [0.5, 0.6) is 0 Å². The van der Waals surface area contributed by atoms with Gasteiger partial charge in [0, 0.05) is 24.7 Å². The second-order valence-electron chi connectivity index (χ2n) is 5.97. The second kappa shape index (κ2) is 7.77. The fraction of sp³-hybridized carbons (Fsp3) is 0.647. The van der Waals surface area contributed by atoms with Crippen molar-refractivity contribution in [1.29, 1.82) is 0 Å². The van der Waals surface area contributed by atoms with Gasteiger partial charge in [-0.3, -0.25) is 4.90 Å². The van der Waals surface area contributed by atoms with E-state index in [1.807, 2.05) is 6.07 Å². The van der Waals surface area contributed by atoms with Crippen molar-refractivity contribution >= 4 is 0 Å². The Labute approximate surface area is 122 Å². The third-order valence-electron chi connectivity index (χ3n) is 4.40. The highest BCUT2D eigenvalue weighted by Gasteiger charge is 2.30. The van der Waals surface area contributed by atoms with Crippen molar-refractivity contribution in [2.24, 2.45) is 5.73 Å². The maximum Gasteiger partial charge on any atom is 0.0558 e. The minimum absolute atomic E-state index is 0.0610. The highest BCUT2D eigenvalue weighted by Crippen LogP contribution is 2.31. The molecule has 0 radical (unpaired) electrons. The number of rotatable bonds is 6. The number of nitrogens with two attached hydrogens (primary N) is 1. The average molecular weight is 276 g/mol. The van der Waals surface area contributed by atoms with Crippen LogP contribution in [0, 0.1) is 0 Å². The average Bonchev–Trinajstić information content (AvgIpc) is 2.48. The molecule has 2 atom stereocenters. The summed E-state index contributed by atoms with van der Waals surface area (Å²) in [4.78, 5) is 2.44. The molecule has 1 aliphatic rings. The van der Waals surface area contributed by atoms with Crippen LogP contribution < -0.4 is 5.73 Å². The van der Waals surface area contributed by atoms with Crippen LogP contribution in [0.4, 0.5) is 0 Å². The molecule has 112 valence electrons. The molecule has 1 aliphatic carbocycles. The summed E-state index contributed by atoms with van der Waals surface area (Å²) in [7, 11) is 0. The Kier molecular flexibility index (Phi) is 6.02. The van der Waals surface area contributed by atoms with Gasteiger partial charge < -0.3 is 10.8 Å². The molecule has 0 saturated heterocycles. The van der Waals surface area contributed by atoms with Crippen LogP contribution in [-0.2, 0) is 0 Å². The number of hydrogen-bond donors (Lipinski definition) is 2. The molecular formula is C17H28N2O. The van der Waals surface area contributed by atoms with Crippen molar-refractivity contribution in [3.05, 3.63) is 35.9 Å². The summed E-state index contributed by atoms with van der Waals surface area (Å²) in [5.74, 6) is 0. The van der Waals surface area contributed by atoms with E-state index in [2.05, 4.69) is 36.1 Å². The van der Waals surface area contributed by atoms with Gasteiger partial charge >= 0.3 is 0 Å². The number of benzene rings is 1. The zero-order chi connectivity index (χ0) is 14.4. The topological polar surface area (TPSA) is 49.5 Å². The maximum atomic E-state index is 9.46. The first-order valence-corrected chi connectivity index (χ1v) is 7.91. The fourth-order valence-corrected chi connectivity index (χ4v) is 3.52. The van der Waals surface area contributed by atoms with E-state index in [4.69, 9.17) is 5.73 Å². The van der Waals surface area contributed by atoms with E-state index in [-0.39, 0.29) is 18.7 Å². The van der Waals surface area contributed by atoms with Gasteiger partial charge in [0.15, 0.2) is 0 Å². The van der Waals surface area contributed by atoms with Crippen LogP contribution in [0.2, 0.25) is 0 Å². The van der Waals surface area contributed by atoms with Crippen molar-refractivity contribution in [2.45, 2.75) is 57.2 Å². The molecule has 2 rings (SSSR count). The van der Waals surface area contributed by atoms with Gasteiger partial charge in [-0.15, -0.1) is 0 Å². The van der Waals surface area contributed by atoms with Gasteiger partial charge in [-0.25, -0.2) is 0 Å². The molecule has 0 heterocycles. The van der Waals surface area contributed by atoms with Gasteiger partial charge in [-0.05, 0) is 25.3 Å². The van der Waals surface area contributed by atoms with Crippen LogP contribution in [0.1, 0.15) is 50.6 Å². The summed E-state index contributed by atoms with van der Waals surface area (Å²) in [5, 5.41) is 9.46. The summed E-state index contributed by atoms with van der Waals surface area (Å²) in [5.41, 5.74) is 7.55. The molecule has 0 amide bonds. The number of aliphatic hydroxyl groups is 1. The summed E-state index contributed by atoms with van der Waals surface area (Å²) in [6.07, 6.45) is 6.41. The van der Waals surface area contributed by atoms with Gasteiger partial charge in [0.25, 0.3) is 0 Å². The Morgan fingerprint density at radius 2 is 1.85 bits per heavy atom. The van der Waals surface area contributed by atoms with Crippen LogP contribution in [0.3, 0.4) is 0 Å². The molecule has 1 aromatic carbocycles. The van der Waals surface area contributed by atoms with Crippen molar-refractivity contribution in [3.8, 4) is 0 Å². The van der Waals surface area contributed by atoms with E-state index in [1.165, 1.54) is 37.7 Å². The molecule has 1 fully saturated rings. The normalized spacial score (nSPS) is 20.0. The second-order valence-corrected chi connectivity index (χ2v) is 5.97. The molecule has 0 aliphatic heterocycles. The third-order valence-corrected chi connectivity index (χ3v) is 4.40. The Balaban J connectivity index is 2.22. The smallest absolute Gasteiger partial charge is 0.0558 e. The first kappa shape index (κ1) is 15.5. The van der Waals surface area contributed by atoms with Crippen LogP contribution in [0.15, 0.2) is 30.3 Å². The van der Waals surface area contributed by atoms with Gasteiger partial charge in [0.1, 0.15) is 0 Å². The molecule has 0 spiro atoms. The van der Waals surface area contributed by atoms with Crippen LogP contribution in [0.25, 0.3) is 0 Å². The summed E-state index contributed by atoms with van der Waals surface area (Å²) < 4.78 is 0. The first-order valence-electron chi connectivity index (χ1n) is 7.91. The Morgan fingerprint density at radius 1 is 1.20 bits per heavy atom. The Bertz CT molecular complexity index is 374. The third kappa shape index (κ3) is 3.81. The molecule has 0 aromatic heterocycles. The standard InChI is InChI=1S/C17H28N2O/c1-14(18)17(15-8-4-2-5-9-15)19(12-13-20)16-10-6-3-7-11-16/h2,4-5,8-9,14,16-17,20H,3,6-7,10-13,18H2,1H3. The zero-order valence-corrected chi connectivity index (χ0v) is 12.5. The molecule has 1 saturated carbocycles. The predicted octanol–water partition coefficient (Wildman–Crippen LogP) is 2.70. The predicted molar refractivity (Wildman–Crippen MR) is 83.5 cm³/mol. The fourth-order valence-electron chi connectivity index (χ4n) is 3.52. The molecule has 1 aromatic rings. The van der Waals surface area contributed by atoms with Gasteiger partial charge in [-0.2, -0.15) is 0 Å². The molecule has 3 N–H and O–H groups in total. The van der Waals surface area contributed by atoms with E-state index in [1.54, 1.807) is 0 Å². The van der Waals surface area contributed by atoms with Crippen LogP contribution >= 0.6 is 0 Å². The maximum absolute atomic E-state index is 9.46.